The molecular formula is C18H30N2O3S. The number of carbonyl (C=O) groups is 1. The van der Waals surface area contributed by atoms with Gasteiger partial charge in [-0.05, 0) is 42.9 Å². The van der Waals surface area contributed by atoms with Crippen LogP contribution in [0.2, 0.25) is 0 Å². The summed E-state index contributed by atoms with van der Waals surface area (Å²) < 4.78 is 25.1. The van der Waals surface area contributed by atoms with Crippen LogP contribution in [0.3, 0.4) is 0 Å². The lowest BCUT2D eigenvalue weighted by Crippen LogP contribution is -2.34. The van der Waals surface area contributed by atoms with Crippen LogP contribution in [0.4, 0.5) is 5.69 Å². The number of carbonyl (C=O) groups excluding carboxylic acids is 1. The van der Waals surface area contributed by atoms with Gasteiger partial charge in [-0.1, -0.05) is 33.8 Å². The number of sulfonamides is 1. The second-order valence-corrected chi connectivity index (χ2v) is 8.86. The van der Waals surface area contributed by atoms with Gasteiger partial charge in [-0.15, -0.1) is 0 Å². The van der Waals surface area contributed by atoms with Crippen LogP contribution < -0.4 is 4.72 Å². The van der Waals surface area contributed by atoms with Crippen molar-refractivity contribution in [3.8, 4) is 0 Å². The van der Waals surface area contributed by atoms with Crippen LogP contribution in [0.5, 0.6) is 0 Å². The molecule has 0 aliphatic heterocycles. The summed E-state index contributed by atoms with van der Waals surface area (Å²) in [5.41, 5.74) is 0.923. The van der Waals surface area contributed by atoms with Crippen molar-refractivity contribution >= 4 is 21.6 Å². The Morgan fingerprint density at radius 2 is 1.62 bits per heavy atom. The molecule has 0 radical (unpaired) electrons. The first kappa shape index (κ1) is 20.5. The van der Waals surface area contributed by atoms with Gasteiger partial charge in [0.25, 0.3) is 5.91 Å². The standard InChI is InChI=1S/C18H30N2O3S/c1-14(2)9-11-20(12-10-15(3)4)18(21)16-7-6-8-17(13-16)19-24(5,22)23/h6-8,13-15,19H,9-12H2,1-5H3. The highest BCUT2D eigenvalue weighted by Crippen LogP contribution is 2.16. The predicted octanol–water partition coefficient (Wildman–Crippen LogP) is 3.59. The first-order valence-corrected chi connectivity index (χ1v) is 10.3. The van der Waals surface area contributed by atoms with Crippen LogP contribution in [-0.2, 0) is 10.0 Å². The summed E-state index contributed by atoms with van der Waals surface area (Å²) >= 11 is 0. The summed E-state index contributed by atoms with van der Waals surface area (Å²) in [4.78, 5) is 14.7. The van der Waals surface area contributed by atoms with E-state index in [2.05, 4.69) is 32.4 Å². The van der Waals surface area contributed by atoms with Crippen molar-refractivity contribution in [2.24, 2.45) is 11.8 Å². The molecule has 1 aromatic carbocycles. The summed E-state index contributed by atoms with van der Waals surface area (Å²) in [6, 6.07) is 6.67. The fraction of sp³-hybridized carbons (Fsp3) is 0.611. The van der Waals surface area contributed by atoms with E-state index in [1.54, 1.807) is 24.3 Å². The minimum atomic E-state index is -3.36. The highest BCUT2D eigenvalue weighted by atomic mass is 32.2. The Labute approximate surface area is 146 Å². The normalized spacial score (nSPS) is 11.8. The van der Waals surface area contributed by atoms with Gasteiger partial charge in [0.2, 0.25) is 10.0 Å². The molecule has 0 spiro atoms. The maximum atomic E-state index is 12.8. The van der Waals surface area contributed by atoms with Crippen LogP contribution in [0, 0.1) is 11.8 Å². The SMILES string of the molecule is CC(C)CCN(CCC(C)C)C(=O)c1cccc(NS(C)(=O)=O)c1. The van der Waals surface area contributed by atoms with E-state index in [1.165, 1.54) is 0 Å². The van der Waals surface area contributed by atoms with E-state index >= 15 is 0 Å². The monoisotopic (exact) mass is 354 g/mol. The molecule has 0 bridgehead atoms. The van der Waals surface area contributed by atoms with E-state index in [4.69, 9.17) is 0 Å². The molecule has 24 heavy (non-hydrogen) atoms. The lowest BCUT2D eigenvalue weighted by Gasteiger charge is -2.25. The van der Waals surface area contributed by atoms with Gasteiger partial charge in [-0.2, -0.15) is 0 Å². The first-order chi connectivity index (χ1) is 11.1. The molecule has 1 aromatic rings. The van der Waals surface area contributed by atoms with Crippen molar-refractivity contribution in [3.05, 3.63) is 29.8 Å². The number of hydrogen-bond donors (Lipinski definition) is 1. The zero-order chi connectivity index (χ0) is 18.3. The van der Waals surface area contributed by atoms with Gasteiger partial charge >= 0.3 is 0 Å². The molecule has 1 amide bonds. The summed E-state index contributed by atoms with van der Waals surface area (Å²) in [6.07, 6.45) is 3.00. The van der Waals surface area contributed by atoms with Gasteiger partial charge in [0, 0.05) is 24.3 Å². The smallest absolute Gasteiger partial charge is 0.253 e. The molecule has 0 aromatic heterocycles. The number of hydrogen-bond acceptors (Lipinski definition) is 3. The first-order valence-electron chi connectivity index (χ1n) is 8.45. The van der Waals surface area contributed by atoms with Crippen molar-refractivity contribution in [1.82, 2.24) is 4.90 Å². The zero-order valence-electron chi connectivity index (χ0n) is 15.4. The number of rotatable bonds is 9. The summed E-state index contributed by atoms with van der Waals surface area (Å²) in [6.45, 7) is 9.99. The molecule has 0 aliphatic rings. The molecule has 0 saturated carbocycles. The molecule has 0 heterocycles. The Kier molecular flexibility index (Phi) is 7.73. The predicted molar refractivity (Wildman–Crippen MR) is 99.7 cm³/mol. The molecule has 5 nitrogen and oxygen atoms in total. The van der Waals surface area contributed by atoms with E-state index in [9.17, 15) is 13.2 Å². The molecule has 1 rings (SSSR count). The maximum Gasteiger partial charge on any atom is 0.253 e. The Hall–Kier alpha value is -1.56. The summed E-state index contributed by atoms with van der Waals surface area (Å²) in [7, 11) is -3.36. The molecule has 6 heteroatoms. The van der Waals surface area contributed by atoms with Crippen LogP contribution in [-0.4, -0.2) is 38.6 Å². The maximum absolute atomic E-state index is 12.8. The second-order valence-electron chi connectivity index (χ2n) is 7.11. The quantitative estimate of drug-likeness (QED) is 0.737. The third kappa shape index (κ3) is 7.81. The highest BCUT2D eigenvalue weighted by molar-refractivity contribution is 7.92. The summed E-state index contributed by atoms with van der Waals surface area (Å²) in [5, 5.41) is 0. The average Bonchev–Trinajstić information content (AvgIpc) is 2.44. The van der Waals surface area contributed by atoms with Gasteiger partial charge in [0.1, 0.15) is 0 Å². The van der Waals surface area contributed by atoms with Crippen molar-refractivity contribution in [2.45, 2.75) is 40.5 Å². The van der Waals surface area contributed by atoms with Gasteiger partial charge in [-0.25, -0.2) is 8.42 Å². The van der Waals surface area contributed by atoms with E-state index in [1.807, 2.05) is 4.90 Å². The second kappa shape index (κ2) is 9.06. The van der Waals surface area contributed by atoms with Gasteiger partial charge in [0.15, 0.2) is 0 Å². The fourth-order valence-corrected chi connectivity index (χ4v) is 2.81. The molecular weight excluding hydrogens is 324 g/mol. The largest absolute Gasteiger partial charge is 0.339 e. The van der Waals surface area contributed by atoms with E-state index in [0.29, 0.717) is 36.2 Å². The lowest BCUT2D eigenvalue weighted by molar-refractivity contribution is 0.0741. The van der Waals surface area contributed by atoms with Crippen LogP contribution in [0.25, 0.3) is 0 Å². The van der Waals surface area contributed by atoms with Crippen LogP contribution >= 0.6 is 0 Å². The van der Waals surface area contributed by atoms with E-state index in [0.717, 1.165) is 19.1 Å². The van der Waals surface area contributed by atoms with Crippen molar-refractivity contribution in [3.63, 3.8) is 0 Å². The molecule has 0 saturated heterocycles. The molecule has 0 aliphatic carbocycles. The molecule has 1 N–H and O–H groups in total. The zero-order valence-corrected chi connectivity index (χ0v) is 16.2. The van der Waals surface area contributed by atoms with Gasteiger partial charge in [-0.3, -0.25) is 9.52 Å². The number of nitrogens with one attached hydrogen (secondary N) is 1. The van der Waals surface area contributed by atoms with Crippen molar-refractivity contribution < 1.29 is 13.2 Å². The number of nitrogens with zero attached hydrogens (tertiary/aromatic N) is 1. The molecule has 0 fully saturated rings. The van der Waals surface area contributed by atoms with Crippen molar-refractivity contribution in [2.75, 3.05) is 24.1 Å². The Balaban J connectivity index is 2.93. The lowest BCUT2D eigenvalue weighted by atomic mass is 10.1. The molecule has 0 unspecified atom stereocenters. The van der Waals surface area contributed by atoms with Gasteiger partial charge in [0.05, 0.1) is 6.26 Å². The third-order valence-electron chi connectivity index (χ3n) is 3.65. The Bertz CT molecular complexity index is 627. The van der Waals surface area contributed by atoms with Gasteiger partial charge < -0.3 is 4.90 Å². The minimum absolute atomic E-state index is 0.0477. The minimum Gasteiger partial charge on any atom is -0.339 e. The van der Waals surface area contributed by atoms with E-state index < -0.39 is 10.0 Å². The Morgan fingerprint density at radius 3 is 2.08 bits per heavy atom. The topological polar surface area (TPSA) is 66.5 Å². The fourth-order valence-electron chi connectivity index (χ4n) is 2.26. The number of amides is 1. The number of anilines is 1. The third-order valence-corrected chi connectivity index (χ3v) is 4.26. The van der Waals surface area contributed by atoms with Crippen molar-refractivity contribution in [1.29, 1.82) is 0 Å². The number of benzene rings is 1. The molecule has 136 valence electrons. The molecule has 0 atom stereocenters. The van der Waals surface area contributed by atoms with Crippen LogP contribution in [0.1, 0.15) is 50.9 Å². The van der Waals surface area contributed by atoms with Crippen LogP contribution in [0.15, 0.2) is 24.3 Å². The average molecular weight is 355 g/mol. The van der Waals surface area contributed by atoms with E-state index in [-0.39, 0.29) is 5.91 Å². The summed E-state index contributed by atoms with van der Waals surface area (Å²) in [5.74, 6) is 1.00. The highest BCUT2D eigenvalue weighted by Gasteiger charge is 2.17. The Morgan fingerprint density at radius 1 is 1.08 bits per heavy atom.